The molecule has 10 rings (SSSR count). The molecule has 0 unspecified atom stereocenters. The molecule has 0 spiro atoms. The molecule has 2 aliphatic rings. The van der Waals surface area contributed by atoms with Crippen molar-refractivity contribution in [3.8, 4) is 23.2 Å². The van der Waals surface area contributed by atoms with Crippen LogP contribution in [0.2, 0.25) is 0 Å². The number of nitrogen functional groups attached to an aromatic ring is 2. The van der Waals surface area contributed by atoms with Crippen molar-refractivity contribution >= 4 is 34.8 Å². The molecular formula is C40H41ClN12O4. The first-order valence-electron chi connectivity index (χ1n) is 18.6. The van der Waals surface area contributed by atoms with Gasteiger partial charge < -0.3 is 30.1 Å². The van der Waals surface area contributed by atoms with Gasteiger partial charge in [0.2, 0.25) is 23.5 Å². The highest BCUT2D eigenvalue weighted by atomic mass is 35.5. The van der Waals surface area contributed by atoms with Crippen molar-refractivity contribution in [1.82, 2.24) is 49.1 Å². The summed E-state index contributed by atoms with van der Waals surface area (Å²) in [5.41, 5.74) is 18.5. The van der Waals surface area contributed by atoms with E-state index >= 15 is 0 Å². The molecule has 0 amide bonds. The molecular weight excluding hydrogens is 748 g/mol. The zero-order valence-corrected chi connectivity index (χ0v) is 32.2. The van der Waals surface area contributed by atoms with Crippen LogP contribution in [-0.4, -0.2) is 66.4 Å². The first-order valence-corrected chi connectivity index (χ1v) is 19.1. The number of halogens is 1. The molecule has 292 valence electrons. The molecule has 17 heteroatoms. The molecule has 57 heavy (non-hydrogen) atoms. The van der Waals surface area contributed by atoms with Gasteiger partial charge in [-0.05, 0) is 88.1 Å². The van der Waals surface area contributed by atoms with Crippen LogP contribution in [0.25, 0.3) is 34.5 Å². The minimum absolute atomic E-state index is 0.0833. The Balaban J connectivity index is 0.000000146. The van der Waals surface area contributed by atoms with Gasteiger partial charge in [0.05, 0.1) is 48.5 Å². The minimum Gasteiger partial charge on any atom is -0.458 e. The highest BCUT2D eigenvalue weighted by molar-refractivity contribution is 6.16. The molecule has 0 aliphatic heterocycles. The minimum atomic E-state index is 0.0833. The first-order chi connectivity index (χ1) is 27.7. The Morgan fingerprint density at radius 3 is 1.58 bits per heavy atom. The van der Waals surface area contributed by atoms with Crippen LogP contribution in [0, 0.1) is 13.8 Å². The summed E-state index contributed by atoms with van der Waals surface area (Å²) < 4.78 is 20.4. The summed E-state index contributed by atoms with van der Waals surface area (Å²) >= 11 is 5.86. The van der Waals surface area contributed by atoms with E-state index in [2.05, 4.69) is 35.1 Å². The summed E-state index contributed by atoms with van der Waals surface area (Å²) in [5, 5.41) is 17.0. The fourth-order valence-corrected chi connectivity index (χ4v) is 6.02. The van der Waals surface area contributed by atoms with Gasteiger partial charge in [-0.3, -0.25) is 9.97 Å². The number of hydrogen-bond acceptors (Lipinski definition) is 14. The summed E-state index contributed by atoms with van der Waals surface area (Å²) in [6.07, 6.45) is 9.57. The van der Waals surface area contributed by atoms with Crippen LogP contribution in [0.4, 0.5) is 11.9 Å². The van der Waals surface area contributed by atoms with E-state index in [-0.39, 0.29) is 18.0 Å². The molecule has 8 heterocycles. The summed E-state index contributed by atoms with van der Waals surface area (Å²) in [6, 6.07) is 19.2. The number of aryl methyl sites for hydroxylation is 2. The van der Waals surface area contributed by atoms with Crippen molar-refractivity contribution in [1.29, 1.82) is 0 Å². The summed E-state index contributed by atoms with van der Waals surface area (Å²) in [4.78, 5) is 26.5. The molecule has 2 saturated carbocycles. The zero-order valence-electron chi connectivity index (χ0n) is 31.4. The molecule has 2 fully saturated rings. The number of hydrogen-bond donors (Lipinski definition) is 3. The number of rotatable bonds is 10. The summed E-state index contributed by atoms with van der Waals surface area (Å²) in [5.74, 6) is 4.54. The Bertz CT molecular complexity index is 2640. The third-order valence-corrected chi connectivity index (χ3v) is 9.26. The van der Waals surface area contributed by atoms with E-state index in [1.807, 2.05) is 74.5 Å². The SMILES string of the molecule is Cc1ccc(-c2nc(N)nc3c(Cc4cccc(CCl)n4)cnn23)o1.Cc1ccc(-c2nc(N)nc3c(Cc4cccc(COC5CC5)n4)cnn23)o1.OC1CC1. The third-order valence-electron chi connectivity index (χ3n) is 8.99. The largest absolute Gasteiger partial charge is 0.458 e. The number of fused-ring (bicyclic) bond motifs is 2. The average Bonchev–Trinajstić information content (AvgIpc) is 3.99. The molecule has 0 saturated heterocycles. The second-order valence-corrected chi connectivity index (χ2v) is 14.2. The molecule has 2 aliphatic carbocycles. The summed E-state index contributed by atoms with van der Waals surface area (Å²) in [6.45, 7) is 4.30. The second kappa shape index (κ2) is 16.5. The van der Waals surface area contributed by atoms with E-state index in [1.54, 1.807) is 21.4 Å². The van der Waals surface area contributed by atoms with Gasteiger partial charge in [-0.2, -0.15) is 39.2 Å². The number of anilines is 2. The van der Waals surface area contributed by atoms with Crippen molar-refractivity contribution in [2.75, 3.05) is 11.5 Å². The Hall–Kier alpha value is -6.23. The molecule has 0 aromatic carbocycles. The normalized spacial score (nSPS) is 13.7. The predicted molar refractivity (Wildman–Crippen MR) is 212 cm³/mol. The van der Waals surface area contributed by atoms with E-state index < -0.39 is 0 Å². The molecule has 8 aromatic heterocycles. The molecule has 5 N–H and O–H groups in total. The maximum atomic E-state index is 8.17. The van der Waals surface area contributed by atoms with Crippen molar-refractivity contribution < 1.29 is 18.7 Å². The molecule has 0 atom stereocenters. The van der Waals surface area contributed by atoms with Gasteiger partial charge in [0.25, 0.3) is 0 Å². The van der Waals surface area contributed by atoms with Crippen LogP contribution < -0.4 is 11.5 Å². The van der Waals surface area contributed by atoms with Gasteiger partial charge in [-0.1, -0.05) is 12.1 Å². The van der Waals surface area contributed by atoms with Crippen molar-refractivity contribution in [3.63, 3.8) is 0 Å². The Kier molecular flexibility index (Phi) is 10.9. The Labute approximate surface area is 332 Å². The lowest BCUT2D eigenvalue weighted by atomic mass is 10.1. The van der Waals surface area contributed by atoms with Crippen LogP contribution in [-0.2, 0) is 30.1 Å². The first kappa shape index (κ1) is 37.7. The number of aliphatic hydroxyl groups excluding tert-OH is 1. The number of pyridine rings is 2. The van der Waals surface area contributed by atoms with Crippen molar-refractivity contribution in [2.45, 2.75) is 77.1 Å². The van der Waals surface area contributed by atoms with E-state index in [0.717, 1.165) is 71.1 Å². The monoisotopic (exact) mass is 788 g/mol. The number of aromatic nitrogens is 10. The fraction of sp³-hybridized carbons (Fsp3) is 0.300. The molecule has 0 bridgehead atoms. The lowest BCUT2D eigenvalue weighted by molar-refractivity contribution is 0.103. The van der Waals surface area contributed by atoms with E-state index in [4.69, 9.17) is 46.7 Å². The quantitative estimate of drug-likeness (QED) is 0.134. The van der Waals surface area contributed by atoms with Crippen LogP contribution >= 0.6 is 11.6 Å². The van der Waals surface area contributed by atoms with Gasteiger partial charge in [0.15, 0.2) is 22.8 Å². The van der Waals surface area contributed by atoms with Gasteiger partial charge >= 0.3 is 0 Å². The number of ether oxygens (including phenoxy) is 1. The van der Waals surface area contributed by atoms with E-state index in [1.165, 1.54) is 0 Å². The lowest BCUT2D eigenvalue weighted by Crippen LogP contribution is -2.05. The second-order valence-electron chi connectivity index (χ2n) is 13.9. The number of aliphatic hydroxyl groups is 1. The number of nitrogens with zero attached hydrogens (tertiary/aromatic N) is 10. The van der Waals surface area contributed by atoms with Crippen molar-refractivity contribution in [2.24, 2.45) is 0 Å². The van der Waals surface area contributed by atoms with Crippen LogP contribution in [0.15, 0.2) is 81.9 Å². The van der Waals surface area contributed by atoms with E-state index in [0.29, 0.717) is 65.9 Å². The lowest BCUT2D eigenvalue weighted by Gasteiger charge is -2.06. The van der Waals surface area contributed by atoms with Crippen LogP contribution in [0.5, 0.6) is 0 Å². The zero-order chi connectivity index (χ0) is 39.5. The number of furan rings is 2. The smallest absolute Gasteiger partial charge is 0.224 e. The van der Waals surface area contributed by atoms with Crippen molar-refractivity contribution in [3.05, 3.63) is 118 Å². The Morgan fingerprint density at radius 1 is 0.667 bits per heavy atom. The molecule has 8 aromatic rings. The third kappa shape index (κ3) is 9.26. The standard InChI is InChI=1S/C20H20N6O2.C17H15ClN6O.C3H6O/c1-12-5-8-17(28-12)19-25-20(21)24-18-13(10-22-26(18)19)9-14-3-2-4-15(23-14)11-27-16-6-7-16;1-10-5-6-14(25-10)16-23-17(19)22-15-11(9-20-24(15)16)7-12-3-2-4-13(8-18)21-12;4-3-1-2-3/h2-5,8,10,16H,6-7,9,11H2,1H3,(H2,21,24);2-6,9H,7-8H2,1H3,(H2,19,22);3-4H,1-2H2. The van der Waals surface area contributed by atoms with Gasteiger partial charge in [-0.25, -0.2) is 0 Å². The topological polar surface area (TPSA) is 220 Å². The fourth-order valence-electron chi connectivity index (χ4n) is 5.87. The van der Waals surface area contributed by atoms with Gasteiger partial charge in [-0.15, -0.1) is 11.6 Å². The molecule has 0 radical (unpaired) electrons. The highest BCUT2D eigenvalue weighted by Gasteiger charge is 2.22. The number of nitrogens with two attached hydrogens (primary N) is 2. The predicted octanol–water partition coefficient (Wildman–Crippen LogP) is 6.08. The maximum absolute atomic E-state index is 8.17. The van der Waals surface area contributed by atoms with Crippen LogP contribution in [0.1, 0.15) is 71.1 Å². The highest BCUT2D eigenvalue weighted by Crippen LogP contribution is 2.27. The van der Waals surface area contributed by atoms with Gasteiger partial charge in [0, 0.05) is 35.4 Å². The Morgan fingerprint density at radius 2 is 1.14 bits per heavy atom. The van der Waals surface area contributed by atoms with E-state index in [9.17, 15) is 0 Å². The number of alkyl halides is 1. The maximum Gasteiger partial charge on any atom is 0.224 e. The molecule has 16 nitrogen and oxygen atoms in total. The average molecular weight is 789 g/mol. The summed E-state index contributed by atoms with van der Waals surface area (Å²) in [7, 11) is 0. The van der Waals surface area contributed by atoms with Gasteiger partial charge in [0.1, 0.15) is 11.5 Å². The van der Waals surface area contributed by atoms with Crippen LogP contribution in [0.3, 0.4) is 0 Å².